The predicted molar refractivity (Wildman–Crippen MR) is 117 cm³/mol. The molecule has 1 amide bonds. The molecule has 0 atom stereocenters. The first-order valence-electron chi connectivity index (χ1n) is 9.08. The highest BCUT2D eigenvalue weighted by molar-refractivity contribution is 7.92. The van der Waals surface area contributed by atoms with Gasteiger partial charge < -0.3 is 10.1 Å². The van der Waals surface area contributed by atoms with Gasteiger partial charge in [-0.05, 0) is 30.2 Å². The predicted octanol–water partition coefficient (Wildman–Crippen LogP) is 3.87. The molecule has 2 rings (SSSR count). The summed E-state index contributed by atoms with van der Waals surface area (Å²) in [4.78, 5) is 12.0. The normalized spacial score (nSPS) is 11.3. The van der Waals surface area contributed by atoms with Crippen LogP contribution in [-0.4, -0.2) is 40.3 Å². The van der Waals surface area contributed by atoms with Gasteiger partial charge in [0, 0.05) is 19.5 Å². The van der Waals surface area contributed by atoms with Gasteiger partial charge in [0.2, 0.25) is 15.9 Å². The number of hydrogen-bond acceptors (Lipinski definition) is 4. The zero-order valence-electron chi connectivity index (χ0n) is 16.1. The summed E-state index contributed by atoms with van der Waals surface area (Å²) >= 11 is 11.9. The topological polar surface area (TPSA) is 75.7 Å². The quantitative estimate of drug-likeness (QED) is 0.518. The maximum absolute atomic E-state index is 12.1. The Morgan fingerprint density at radius 2 is 1.83 bits per heavy atom. The third-order valence-corrected chi connectivity index (χ3v) is 5.97. The van der Waals surface area contributed by atoms with Crippen LogP contribution in [0.3, 0.4) is 0 Å². The third kappa shape index (κ3) is 8.22. The second kappa shape index (κ2) is 11.4. The molecule has 6 nitrogen and oxygen atoms in total. The van der Waals surface area contributed by atoms with Gasteiger partial charge in [0.1, 0.15) is 0 Å². The molecule has 0 aliphatic heterocycles. The summed E-state index contributed by atoms with van der Waals surface area (Å²) in [6.07, 6.45) is 1.68. The summed E-state index contributed by atoms with van der Waals surface area (Å²) in [6, 6.07) is 14.4. The zero-order valence-corrected chi connectivity index (χ0v) is 18.4. The van der Waals surface area contributed by atoms with E-state index in [4.69, 9.17) is 27.9 Å². The van der Waals surface area contributed by atoms with E-state index in [1.807, 2.05) is 30.3 Å². The van der Waals surface area contributed by atoms with Gasteiger partial charge in [-0.15, -0.1) is 0 Å². The van der Waals surface area contributed by atoms with Crippen molar-refractivity contribution in [1.82, 2.24) is 5.32 Å². The number of carbonyl (C=O) groups excluding carboxylic acids is 1. The Bertz CT molecular complexity index is 908. The van der Waals surface area contributed by atoms with Crippen LogP contribution in [0.15, 0.2) is 48.5 Å². The molecule has 9 heteroatoms. The van der Waals surface area contributed by atoms with Crippen molar-refractivity contribution in [3.8, 4) is 0 Å². The van der Waals surface area contributed by atoms with Gasteiger partial charge >= 0.3 is 0 Å². The van der Waals surface area contributed by atoms with Crippen LogP contribution in [0.4, 0.5) is 5.69 Å². The minimum atomic E-state index is -3.52. The van der Waals surface area contributed by atoms with Gasteiger partial charge in [-0.25, -0.2) is 8.42 Å². The van der Waals surface area contributed by atoms with Gasteiger partial charge in [-0.1, -0.05) is 53.5 Å². The molecule has 158 valence electrons. The fourth-order valence-electron chi connectivity index (χ4n) is 2.63. The molecule has 0 unspecified atom stereocenters. The van der Waals surface area contributed by atoms with Crippen LogP contribution >= 0.6 is 23.2 Å². The van der Waals surface area contributed by atoms with E-state index in [9.17, 15) is 13.2 Å². The smallest absolute Gasteiger partial charge is 0.232 e. The van der Waals surface area contributed by atoms with E-state index in [1.165, 1.54) is 10.4 Å². The van der Waals surface area contributed by atoms with Crippen molar-refractivity contribution < 1.29 is 17.9 Å². The second-order valence-corrected chi connectivity index (χ2v) is 9.15. The highest BCUT2D eigenvalue weighted by atomic mass is 35.5. The van der Waals surface area contributed by atoms with Crippen LogP contribution in [-0.2, 0) is 26.2 Å². The fraction of sp³-hybridized carbons (Fsp3) is 0.350. The van der Waals surface area contributed by atoms with Gasteiger partial charge in [0.05, 0.1) is 35.2 Å². The van der Waals surface area contributed by atoms with Crippen LogP contribution < -0.4 is 9.62 Å². The Kier molecular flexibility index (Phi) is 9.23. The molecular weight excluding hydrogens is 435 g/mol. The van der Waals surface area contributed by atoms with Gasteiger partial charge in [0.25, 0.3) is 0 Å². The number of rotatable bonds is 11. The Morgan fingerprint density at radius 3 is 2.48 bits per heavy atom. The van der Waals surface area contributed by atoms with E-state index in [-0.39, 0.29) is 23.9 Å². The highest BCUT2D eigenvalue weighted by Crippen LogP contribution is 2.28. The van der Waals surface area contributed by atoms with Crippen LogP contribution in [0.2, 0.25) is 10.0 Å². The first-order valence-corrected chi connectivity index (χ1v) is 11.7. The summed E-state index contributed by atoms with van der Waals surface area (Å²) in [5, 5.41) is 3.38. The standard InChI is InChI=1S/C20H24Cl2N2O4S/c1-29(26,27)24(17-9-10-18(21)19(22)14-17)12-5-8-20(25)23-11-13-28-15-16-6-3-2-4-7-16/h2-4,6-7,9-10,14H,5,8,11-13,15H2,1H3,(H,23,25). The monoisotopic (exact) mass is 458 g/mol. The Hall–Kier alpha value is -1.80. The van der Waals surface area contributed by atoms with Crippen molar-refractivity contribution in [2.24, 2.45) is 0 Å². The highest BCUT2D eigenvalue weighted by Gasteiger charge is 2.18. The molecule has 29 heavy (non-hydrogen) atoms. The lowest BCUT2D eigenvalue weighted by Crippen LogP contribution is -2.32. The summed E-state index contributed by atoms with van der Waals surface area (Å²) < 4.78 is 30.9. The first-order chi connectivity index (χ1) is 13.8. The average Bonchev–Trinajstić information content (AvgIpc) is 2.67. The molecule has 0 fully saturated rings. The number of benzene rings is 2. The maximum Gasteiger partial charge on any atom is 0.232 e. The average molecular weight is 459 g/mol. The Morgan fingerprint density at radius 1 is 1.10 bits per heavy atom. The number of halogens is 2. The summed E-state index contributed by atoms with van der Waals surface area (Å²) in [7, 11) is -3.52. The van der Waals surface area contributed by atoms with Crippen molar-refractivity contribution >= 4 is 44.8 Å². The van der Waals surface area contributed by atoms with Crippen molar-refractivity contribution in [2.45, 2.75) is 19.4 Å². The largest absolute Gasteiger partial charge is 0.375 e. The minimum absolute atomic E-state index is 0.157. The molecule has 0 spiro atoms. The molecule has 0 aliphatic rings. The lowest BCUT2D eigenvalue weighted by molar-refractivity contribution is -0.121. The van der Waals surface area contributed by atoms with E-state index in [0.29, 0.717) is 36.9 Å². The van der Waals surface area contributed by atoms with E-state index >= 15 is 0 Å². The zero-order chi connectivity index (χ0) is 21.3. The van der Waals surface area contributed by atoms with Crippen molar-refractivity contribution in [3.63, 3.8) is 0 Å². The van der Waals surface area contributed by atoms with Crippen LogP contribution in [0.1, 0.15) is 18.4 Å². The number of nitrogens with one attached hydrogen (secondary N) is 1. The number of ether oxygens (including phenoxy) is 1. The number of hydrogen-bond donors (Lipinski definition) is 1. The number of sulfonamides is 1. The van der Waals surface area contributed by atoms with Crippen LogP contribution in [0, 0.1) is 0 Å². The van der Waals surface area contributed by atoms with Crippen LogP contribution in [0.5, 0.6) is 0 Å². The minimum Gasteiger partial charge on any atom is -0.375 e. The Balaban J connectivity index is 1.73. The lowest BCUT2D eigenvalue weighted by Gasteiger charge is -2.22. The fourth-order valence-corrected chi connectivity index (χ4v) is 3.87. The number of nitrogens with zero attached hydrogens (tertiary/aromatic N) is 1. The van der Waals surface area contributed by atoms with E-state index < -0.39 is 10.0 Å². The molecule has 1 N–H and O–H groups in total. The SMILES string of the molecule is CS(=O)(=O)N(CCCC(=O)NCCOCc1ccccc1)c1ccc(Cl)c(Cl)c1. The summed E-state index contributed by atoms with van der Waals surface area (Å²) in [5.41, 5.74) is 1.48. The molecule has 0 aliphatic carbocycles. The molecule has 0 saturated carbocycles. The lowest BCUT2D eigenvalue weighted by atomic mass is 10.2. The summed E-state index contributed by atoms with van der Waals surface area (Å²) in [6.45, 7) is 1.45. The van der Waals surface area contributed by atoms with Crippen molar-refractivity contribution in [1.29, 1.82) is 0 Å². The molecule has 0 saturated heterocycles. The summed E-state index contributed by atoms with van der Waals surface area (Å²) in [5.74, 6) is -0.157. The van der Waals surface area contributed by atoms with Crippen LogP contribution in [0.25, 0.3) is 0 Å². The van der Waals surface area contributed by atoms with Gasteiger partial charge in [-0.3, -0.25) is 9.10 Å². The Labute approximate surface area is 181 Å². The molecule has 0 heterocycles. The van der Waals surface area contributed by atoms with Gasteiger partial charge in [-0.2, -0.15) is 0 Å². The van der Waals surface area contributed by atoms with Crippen molar-refractivity contribution in [3.05, 3.63) is 64.1 Å². The second-order valence-electron chi connectivity index (χ2n) is 6.43. The van der Waals surface area contributed by atoms with E-state index in [2.05, 4.69) is 5.32 Å². The molecular formula is C20H24Cl2N2O4S. The molecule has 0 radical (unpaired) electrons. The third-order valence-electron chi connectivity index (χ3n) is 4.04. The maximum atomic E-state index is 12.1. The molecule has 0 bridgehead atoms. The van der Waals surface area contributed by atoms with Crippen molar-refractivity contribution in [2.75, 3.05) is 30.3 Å². The number of carbonyl (C=O) groups is 1. The molecule has 2 aromatic carbocycles. The van der Waals surface area contributed by atoms with Gasteiger partial charge in [0.15, 0.2) is 0 Å². The van der Waals surface area contributed by atoms with E-state index in [0.717, 1.165) is 11.8 Å². The molecule has 0 aromatic heterocycles. The first kappa shape index (κ1) is 23.5. The number of amides is 1. The molecule has 2 aromatic rings. The van der Waals surface area contributed by atoms with E-state index in [1.54, 1.807) is 12.1 Å². The number of anilines is 1.